The van der Waals surface area contributed by atoms with E-state index in [-0.39, 0.29) is 42.7 Å². The first-order valence-corrected chi connectivity index (χ1v) is 11.8. The molecule has 0 saturated carbocycles. The molecule has 1 aromatic rings. The standard InChI is InChI=1S/C14H25N3O12P2.Na/c1-17(2,3)6-7-26-30(22,23)29-31(24,25)27-8-9-11(19)12(20)13(28-9)16-5-4-10(18)15-14(16)21;/h4-5,9,11-13,19-20H,6-8H2,1-3H3,(H2-,15,18,21,22,23,24,25);/q;+1/p-1/t9-,11-,12-,13-;/m1./s1. The molecule has 178 valence electrons. The van der Waals surface area contributed by atoms with Crippen LogP contribution in [0.2, 0.25) is 0 Å². The number of likely N-dealkylation sites (N-methyl/N-ethyl adjacent to an activating group) is 1. The fraction of sp³-hybridized carbons (Fsp3) is 0.714. The third-order valence-corrected chi connectivity index (χ3v) is 6.64. The van der Waals surface area contributed by atoms with Crippen molar-refractivity contribution in [1.29, 1.82) is 0 Å². The number of hydrogen-bond acceptors (Lipinski definition) is 12. The van der Waals surface area contributed by atoms with Crippen molar-refractivity contribution < 1.29 is 81.3 Å². The average molecular weight is 511 g/mol. The van der Waals surface area contributed by atoms with Crippen LogP contribution < -0.4 is 50.6 Å². The Hall–Kier alpha value is -0.220. The molecule has 0 aliphatic carbocycles. The second-order valence-electron chi connectivity index (χ2n) is 7.68. The van der Waals surface area contributed by atoms with Crippen LogP contribution in [0.25, 0.3) is 0 Å². The van der Waals surface area contributed by atoms with Crippen LogP contribution >= 0.6 is 15.6 Å². The Labute approximate surface area is 204 Å². The summed E-state index contributed by atoms with van der Waals surface area (Å²) >= 11 is 0. The molecule has 2 unspecified atom stereocenters. The summed E-state index contributed by atoms with van der Waals surface area (Å²) in [5.41, 5.74) is -1.65. The summed E-state index contributed by atoms with van der Waals surface area (Å²) in [4.78, 5) is 48.4. The van der Waals surface area contributed by atoms with Crippen LogP contribution in [0.3, 0.4) is 0 Å². The number of aromatic amines is 1. The molecule has 0 bridgehead atoms. The number of phosphoric ester groups is 2. The van der Waals surface area contributed by atoms with Crippen LogP contribution in [0.5, 0.6) is 0 Å². The Kier molecular flexibility index (Phi) is 10.7. The van der Waals surface area contributed by atoms with Gasteiger partial charge in [0.2, 0.25) is 0 Å². The van der Waals surface area contributed by atoms with Gasteiger partial charge in [0.1, 0.15) is 31.5 Å². The van der Waals surface area contributed by atoms with E-state index in [4.69, 9.17) is 4.74 Å². The van der Waals surface area contributed by atoms with E-state index in [1.807, 2.05) is 4.98 Å². The van der Waals surface area contributed by atoms with E-state index in [1.54, 1.807) is 21.1 Å². The minimum Gasteiger partial charge on any atom is -0.756 e. The molecule has 0 aromatic carbocycles. The molecule has 32 heavy (non-hydrogen) atoms. The molecule has 6 atom stereocenters. The zero-order valence-corrected chi connectivity index (χ0v) is 21.6. The molecular formula is C14H24N3NaO12P2. The molecule has 1 aliphatic rings. The van der Waals surface area contributed by atoms with Crippen molar-refractivity contribution in [2.45, 2.75) is 24.5 Å². The molecule has 18 heteroatoms. The van der Waals surface area contributed by atoms with Gasteiger partial charge in [-0.1, -0.05) is 0 Å². The number of nitrogens with one attached hydrogen (secondary N) is 1. The number of quaternary nitrogens is 1. The van der Waals surface area contributed by atoms with Gasteiger partial charge in [-0.15, -0.1) is 0 Å². The normalized spacial score (nSPS) is 27.3. The van der Waals surface area contributed by atoms with Crippen LogP contribution in [0, 0.1) is 0 Å². The average Bonchev–Trinajstić information content (AvgIpc) is 2.86. The van der Waals surface area contributed by atoms with Gasteiger partial charge in [-0.25, -0.2) is 9.11 Å². The predicted octanol–water partition coefficient (Wildman–Crippen LogP) is -6.15. The Morgan fingerprint density at radius 1 is 1.16 bits per heavy atom. The van der Waals surface area contributed by atoms with Crippen molar-refractivity contribution in [3.63, 3.8) is 0 Å². The van der Waals surface area contributed by atoms with Gasteiger partial charge in [0.05, 0.1) is 27.7 Å². The summed E-state index contributed by atoms with van der Waals surface area (Å²) in [6, 6.07) is 0.970. The minimum absolute atomic E-state index is 0. The van der Waals surface area contributed by atoms with Crippen LogP contribution in [0.1, 0.15) is 6.23 Å². The predicted molar refractivity (Wildman–Crippen MR) is 98.3 cm³/mol. The van der Waals surface area contributed by atoms with Crippen LogP contribution in [-0.2, 0) is 27.2 Å². The van der Waals surface area contributed by atoms with E-state index in [0.29, 0.717) is 4.48 Å². The number of hydrogen-bond donors (Lipinski definition) is 3. The number of ether oxygens (including phenoxy) is 1. The zero-order chi connectivity index (χ0) is 23.6. The van der Waals surface area contributed by atoms with Gasteiger partial charge in [0, 0.05) is 12.3 Å². The number of aromatic nitrogens is 2. The second kappa shape index (κ2) is 11.5. The first kappa shape index (κ1) is 29.8. The summed E-state index contributed by atoms with van der Waals surface area (Å²) in [5.74, 6) is 0. The topological polar surface area (TPSA) is 212 Å². The summed E-state index contributed by atoms with van der Waals surface area (Å²) < 4.78 is 42.7. The first-order chi connectivity index (χ1) is 14.1. The van der Waals surface area contributed by atoms with Crippen molar-refractivity contribution in [3.8, 4) is 0 Å². The van der Waals surface area contributed by atoms with E-state index >= 15 is 0 Å². The van der Waals surface area contributed by atoms with Crippen molar-refractivity contribution in [2.75, 3.05) is 40.9 Å². The number of rotatable bonds is 10. The summed E-state index contributed by atoms with van der Waals surface area (Å²) in [5, 5.41) is 20.1. The van der Waals surface area contributed by atoms with E-state index in [1.165, 1.54) is 0 Å². The number of aliphatic hydroxyl groups is 2. The van der Waals surface area contributed by atoms with E-state index in [0.717, 1.165) is 16.8 Å². The number of phosphoric acid groups is 2. The Balaban J connectivity index is 0.00000512. The smallest absolute Gasteiger partial charge is 0.756 e. The molecule has 3 N–H and O–H groups in total. The van der Waals surface area contributed by atoms with Gasteiger partial charge < -0.3 is 38.3 Å². The molecule has 2 rings (SSSR count). The molecule has 1 fully saturated rings. The molecule has 1 saturated heterocycles. The SMILES string of the molecule is C[N+](C)(C)CCOP(=O)([O-])OP(=O)([O-])OC[C@H]1O[C@@H](n2ccc(=O)[nH]c2=O)[C@H](O)[C@@H]1O.[Na+]. The van der Waals surface area contributed by atoms with Crippen molar-refractivity contribution in [2.24, 2.45) is 0 Å². The van der Waals surface area contributed by atoms with Crippen LogP contribution in [0.15, 0.2) is 21.9 Å². The maximum Gasteiger partial charge on any atom is 1.00 e. The maximum absolute atomic E-state index is 11.8. The molecule has 1 aliphatic heterocycles. The Bertz CT molecular complexity index is 979. The van der Waals surface area contributed by atoms with Crippen molar-refractivity contribution >= 4 is 15.6 Å². The van der Waals surface area contributed by atoms with E-state index in [9.17, 15) is 38.7 Å². The Morgan fingerprint density at radius 2 is 1.75 bits per heavy atom. The van der Waals surface area contributed by atoms with Crippen molar-refractivity contribution in [3.05, 3.63) is 33.1 Å². The number of nitrogens with zero attached hydrogens (tertiary/aromatic N) is 2. The fourth-order valence-electron chi connectivity index (χ4n) is 2.49. The van der Waals surface area contributed by atoms with E-state index in [2.05, 4.69) is 13.4 Å². The maximum atomic E-state index is 11.8. The molecule has 15 nitrogen and oxygen atoms in total. The van der Waals surface area contributed by atoms with Crippen LogP contribution in [0.4, 0.5) is 0 Å². The summed E-state index contributed by atoms with van der Waals surface area (Å²) in [6.45, 7) is -1.03. The molecule has 1 aromatic heterocycles. The second-order valence-corrected chi connectivity index (χ2v) is 10.6. The van der Waals surface area contributed by atoms with E-state index < -0.39 is 58.0 Å². The number of aliphatic hydroxyl groups excluding tert-OH is 2. The zero-order valence-electron chi connectivity index (χ0n) is 17.9. The quantitative estimate of drug-likeness (QED) is 0.152. The van der Waals surface area contributed by atoms with Crippen LogP contribution in [-0.4, -0.2) is 83.5 Å². The van der Waals surface area contributed by atoms with Gasteiger partial charge in [-0.05, 0) is 0 Å². The van der Waals surface area contributed by atoms with Gasteiger partial charge in [0.15, 0.2) is 6.23 Å². The van der Waals surface area contributed by atoms with Gasteiger partial charge >= 0.3 is 35.2 Å². The van der Waals surface area contributed by atoms with Gasteiger partial charge in [-0.3, -0.25) is 23.5 Å². The van der Waals surface area contributed by atoms with Gasteiger partial charge in [0.25, 0.3) is 21.2 Å². The minimum atomic E-state index is -5.45. The summed E-state index contributed by atoms with van der Waals surface area (Å²) in [6.07, 6.45) is -5.33. The molecule has 0 radical (unpaired) electrons. The molecule has 0 amide bonds. The monoisotopic (exact) mass is 511 g/mol. The number of H-pyrrole nitrogens is 1. The summed E-state index contributed by atoms with van der Waals surface area (Å²) in [7, 11) is -5.41. The molecule has 0 spiro atoms. The third kappa shape index (κ3) is 8.85. The largest absolute Gasteiger partial charge is 1.00 e. The molecular weight excluding hydrogens is 487 g/mol. The van der Waals surface area contributed by atoms with Crippen molar-refractivity contribution in [1.82, 2.24) is 9.55 Å². The Morgan fingerprint density at radius 3 is 2.31 bits per heavy atom. The first-order valence-electron chi connectivity index (χ1n) is 8.86. The fourth-order valence-corrected chi connectivity index (χ4v) is 4.48. The van der Waals surface area contributed by atoms with Gasteiger partial charge in [-0.2, -0.15) is 0 Å². The molecule has 2 heterocycles. The third-order valence-electron chi connectivity index (χ3n) is 4.07.